The van der Waals surface area contributed by atoms with Gasteiger partial charge in [-0.05, 0) is 50.4 Å². The fourth-order valence-electron chi connectivity index (χ4n) is 3.77. The molecule has 0 saturated carbocycles. The third kappa shape index (κ3) is 2.48. The summed E-state index contributed by atoms with van der Waals surface area (Å²) in [5.41, 5.74) is 7.63. The van der Waals surface area contributed by atoms with Gasteiger partial charge in [0.15, 0.2) is 5.75 Å². The van der Waals surface area contributed by atoms with Crippen LogP contribution in [0.1, 0.15) is 29.6 Å². The Morgan fingerprint density at radius 2 is 2.09 bits per heavy atom. The Hall–Kier alpha value is -1.59. The molecule has 1 unspecified atom stereocenters. The van der Waals surface area contributed by atoms with Gasteiger partial charge in [-0.2, -0.15) is 0 Å². The zero-order valence-corrected chi connectivity index (χ0v) is 13.1. The highest BCUT2D eigenvalue weighted by molar-refractivity contribution is 6.00. The minimum absolute atomic E-state index is 0. The number of primary amides is 1. The van der Waals surface area contributed by atoms with Gasteiger partial charge in [-0.1, -0.05) is 6.07 Å². The summed E-state index contributed by atoms with van der Waals surface area (Å²) in [6, 6.07) is 5.79. The van der Waals surface area contributed by atoms with E-state index in [4.69, 9.17) is 15.5 Å². The Labute approximate surface area is 135 Å². The van der Waals surface area contributed by atoms with E-state index >= 15 is 0 Å². The van der Waals surface area contributed by atoms with Crippen LogP contribution in [0.15, 0.2) is 23.2 Å². The second-order valence-electron chi connectivity index (χ2n) is 6.14. The molecule has 5 nitrogen and oxygen atoms in total. The maximum atomic E-state index is 11.4. The van der Waals surface area contributed by atoms with Crippen molar-refractivity contribution >= 4 is 29.7 Å². The Morgan fingerprint density at radius 1 is 1.32 bits per heavy atom. The molecular weight excluding hydrogens is 302 g/mol. The quantitative estimate of drug-likeness (QED) is 0.907. The molecule has 22 heavy (non-hydrogen) atoms. The average molecular weight is 322 g/mol. The van der Waals surface area contributed by atoms with E-state index in [2.05, 4.69) is 4.90 Å². The Kier molecular flexibility index (Phi) is 4.10. The van der Waals surface area contributed by atoms with Crippen LogP contribution < -0.4 is 10.5 Å². The number of ether oxygens (including phenoxy) is 1. The fraction of sp³-hybridized carbons (Fsp3) is 0.500. The number of halogens is 1. The molecule has 4 aliphatic heterocycles. The summed E-state index contributed by atoms with van der Waals surface area (Å²) >= 11 is 0. The molecule has 3 saturated heterocycles. The van der Waals surface area contributed by atoms with Gasteiger partial charge in [0, 0.05) is 0 Å². The summed E-state index contributed by atoms with van der Waals surface area (Å²) in [7, 11) is 0. The number of hydrogen-bond donors (Lipinski definition) is 1. The molecule has 0 radical (unpaired) electrons. The second kappa shape index (κ2) is 5.89. The SMILES string of the molecule is Cl.NC(=O)c1cccc2c1OCC(C1CC3CCN1CC3)=N2. The fourth-order valence-corrected chi connectivity index (χ4v) is 3.77. The molecule has 4 heterocycles. The van der Waals surface area contributed by atoms with Crippen LogP contribution >= 0.6 is 12.4 Å². The molecule has 6 heteroatoms. The van der Waals surface area contributed by atoms with Crippen molar-refractivity contribution in [1.29, 1.82) is 0 Å². The zero-order valence-electron chi connectivity index (χ0n) is 12.3. The number of hydrogen-bond acceptors (Lipinski definition) is 4. The van der Waals surface area contributed by atoms with Crippen molar-refractivity contribution in [2.45, 2.75) is 25.3 Å². The third-order valence-corrected chi connectivity index (χ3v) is 4.92. The van der Waals surface area contributed by atoms with E-state index in [-0.39, 0.29) is 12.4 Å². The summed E-state index contributed by atoms with van der Waals surface area (Å²) < 4.78 is 5.83. The highest BCUT2D eigenvalue weighted by Crippen LogP contribution is 2.38. The van der Waals surface area contributed by atoms with Crippen molar-refractivity contribution in [3.05, 3.63) is 23.8 Å². The number of carbonyl (C=O) groups excluding carboxylic acids is 1. The minimum atomic E-state index is -0.467. The predicted molar refractivity (Wildman–Crippen MR) is 87.5 cm³/mol. The number of carbonyl (C=O) groups is 1. The number of aliphatic imine (C=N–C) groups is 1. The van der Waals surface area contributed by atoms with Crippen molar-refractivity contribution in [2.75, 3.05) is 19.7 Å². The smallest absolute Gasteiger partial charge is 0.252 e. The molecule has 1 atom stereocenters. The lowest BCUT2D eigenvalue weighted by Gasteiger charge is -2.46. The van der Waals surface area contributed by atoms with Gasteiger partial charge in [0.05, 0.1) is 17.3 Å². The van der Waals surface area contributed by atoms with E-state index in [1.54, 1.807) is 6.07 Å². The molecule has 2 N–H and O–H groups in total. The van der Waals surface area contributed by atoms with Crippen molar-refractivity contribution in [3.8, 4) is 5.75 Å². The van der Waals surface area contributed by atoms with Crippen LogP contribution in [0.5, 0.6) is 5.75 Å². The van der Waals surface area contributed by atoms with Gasteiger partial charge in [0.25, 0.3) is 5.91 Å². The highest BCUT2D eigenvalue weighted by Gasteiger charge is 2.37. The first-order valence-corrected chi connectivity index (χ1v) is 7.59. The van der Waals surface area contributed by atoms with E-state index in [9.17, 15) is 4.79 Å². The number of benzene rings is 1. The van der Waals surface area contributed by atoms with Gasteiger partial charge < -0.3 is 10.5 Å². The Balaban J connectivity index is 0.00000144. The lowest BCUT2D eigenvalue weighted by Crippen LogP contribution is -2.53. The predicted octanol–water partition coefficient (Wildman–Crippen LogP) is 2.16. The Morgan fingerprint density at radius 3 is 2.73 bits per heavy atom. The van der Waals surface area contributed by atoms with E-state index in [0.29, 0.717) is 24.0 Å². The lowest BCUT2D eigenvalue weighted by atomic mass is 9.81. The summed E-state index contributed by atoms with van der Waals surface area (Å²) in [6.45, 7) is 2.80. The molecule has 4 aliphatic rings. The maximum Gasteiger partial charge on any atom is 0.252 e. The van der Waals surface area contributed by atoms with Crippen molar-refractivity contribution in [2.24, 2.45) is 16.6 Å². The minimum Gasteiger partial charge on any atom is -0.484 e. The van der Waals surface area contributed by atoms with Crippen molar-refractivity contribution in [1.82, 2.24) is 4.90 Å². The normalized spacial score (nSPS) is 28.9. The number of fused-ring (bicyclic) bond motifs is 4. The molecule has 1 aromatic carbocycles. The lowest BCUT2D eigenvalue weighted by molar-refractivity contribution is 0.0802. The van der Waals surface area contributed by atoms with Crippen LogP contribution in [0.4, 0.5) is 5.69 Å². The topological polar surface area (TPSA) is 67.9 Å². The van der Waals surface area contributed by atoms with Gasteiger partial charge in [0.2, 0.25) is 0 Å². The van der Waals surface area contributed by atoms with E-state index < -0.39 is 5.91 Å². The molecule has 118 valence electrons. The van der Waals surface area contributed by atoms with Gasteiger partial charge in [-0.25, -0.2) is 4.99 Å². The summed E-state index contributed by atoms with van der Waals surface area (Å²) in [5, 5.41) is 0. The first-order chi connectivity index (χ1) is 10.2. The number of rotatable bonds is 2. The zero-order chi connectivity index (χ0) is 14.4. The van der Waals surface area contributed by atoms with Crippen LogP contribution in [-0.2, 0) is 0 Å². The molecule has 0 spiro atoms. The van der Waals surface area contributed by atoms with Gasteiger partial charge in [0.1, 0.15) is 12.3 Å². The molecule has 5 rings (SSSR count). The van der Waals surface area contributed by atoms with Crippen LogP contribution in [0.2, 0.25) is 0 Å². The molecule has 0 aliphatic carbocycles. The summed E-state index contributed by atoms with van der Waals surface area (Å²) in [5.74, 6) is 0.900. The molecule has 1 aromatic rings. The first-order valence-electron chi connectivity index (χ1n) is 7.59. The van der Waals surface area contributed by atoms with E-state index in [1.807, 2.05) is 12.1 Å². The number of nitrogens with zero attached hydrogens (tertiary/aromatic N) is 2. The van der Waals surface area contributed by atoms with Gasteiger partial charge >= 0.3 is 0 Å². The van der Waals surface area contributed by atoms with Crippen LogP contribution in [0.25, 0.3) is 0 Å². The summed E-state index contributed by atoms with van der Waals surface area (Å²) in [4.78, 5) is 18.7. The van der Waals surface area contributed by atoms with Crippen LogP contribution in [0, 0.1) is 5.92 Å². The largest absolute Gasteiger partial charge is 0.484 e. The number of amides is 1. The van der Waals surface area contributed by atoms with E-state index in [0.717, 1.165) is 17.3 Å². The standard InChI is InChI=1S/C16H19N3O2.ClH/c17-16(20)11-2-1-3-12-15(11)21-9-13(18-12)14-8-10-4-6-19(14)7-5-10;/h1-3,10,14H,4-9H2,(H2,17,20);1H. The number of para-hydroxylation sites is 1. The first kappa shape index (κ1) is 15.3. The molecule has 1 amide bonds. The summed E-state index contributed by atoms with van der Waals surface area (Å²) in [6.07, 6.45) is 3.81. The Bertz CT molecular complexity index is 624. The molecule has 3 fully saturated rings. The van der Waals surface area contributed by atoms with Crippen LogP contribution in [-0.4, -0.2) is 42.3 Å². The second-order valence-corrected chi connectivity index (χ2v) is 6.14. The van der Waals surface area contributed by atoms with Crippen molar-refractivity contribution < 1.29 is 9.53 Å². The van der Waals surface area contributed by atoms with Gasteiger partial charge in [-0.15, -0.1) is 12.4 Å². The molecular formula is C16H20ClN3O2. The molecule has 0 aromatic heterocycles. The monoisotopic (exact) mass is 321 g/mol. The molecule has 2 bridgehead atoms. The van der Waals surface area contributed by atoms with E-state index in [1.165, 1.54) is 32.4 Å². The number of nitrogens with two attached hydrogens (primary N) is 1. The highest BCUT2D eigenvalue weighted by atomic mass is 35.5. The average Bonchev–Trinajstić information content (AvgIpc) is 2.54. The van der Waals surface area contributed by atoms with Gasteiger partial charge in [-0.3, -0.25) is 9.69 Å². The van der Waals surface area contributed by atoms with Crippen molar-refractivity contribution in [3.63, 3.8) is 0 Å². The third-order valence-electron chi connectivity index (χ3n) is 4.92. The van der Waals surface area contributed by atoms with Crippen LogP contribution in [0.3, 0.4) is 0 Å². The number of piperidine rings is 3. The maximum absolute atomic E-state index is 11.4.